The molecule has 0 saturated carbocycles. The Morgan fingerprint density at radius 1 is 1.29 bits per heavy atom. The topological polar surface area (TPSA) is 118 Å². The van der Waals surface area contributed by atoms with Gasteiger partial charge in [-0.25, -0.2) is 14.5 Å². The third-order valence-corrected chi connectivity index (χ3v) is 5.13. The summed E-state index contributed by atoms with van der Waals surface area (Å²) in [5.41, 5.74) is 1.08. The van der Waals surface area contributed by atoms with Gasteiger partial charge in [0.05, 0.1) is 12.0 Å². The first kappa shape index (κ1) is 20.5. The lowest BCUT2D eigenvalue weighted by Gasteiger charge is -2.43. The molecule has 0 bridgehead atoms. The third-order valence-electron chi connectivity index (χ3n) is 5.13. The highest BCUT2D eigenvalue weighted by Gasteiger charge is 2.54. The van der Waals surface area contributed by atoms with Crippen molar-refractivity contribution in [3.05, 3.63) is 53.9 Å². The second-order valence-corrected chi connectivity index (χ2v) is 7.21. The number of β-lactam (4-membered cyclic amide) rings is 1. The average molecular weight is 433 g/mol. The number of halogens is 2. The Balaban J connectivity index is 1.44. The number of aromatic nitrogens is 1. The number of hydrogen-bond donors (Lipinski definition) is 2. The van der Waals surface area contributed by atoms with Crippen LogP contribution < -0.4 is 14.8 Å². The molecule has 0 aliphatic carbocycles. The van der Waals surface area contributed by atoms with Gasteiger partial charge >= 0.3 is 18.3 Å². The minimum absolute atomic E-state index is 0.138. The van der Waals surface area contributed by atoms with Gasteiger partial charge in [-0.1, -0.05) is 12.1 Å². The number of amides is 3. The molecule has 9 nitrogen and oxygen atoms in total. The van der Waals surface area contributed by atoms with Crippen LogP contribution in [0.2, 0.25) is 0 Å². The molecule has 162 valence electrons. The van der Waals surface area contributed by atoms with Gasteiger partial charge in [-0.3, -0.25) is 9.78 Å². The summed E-state index contributed by atoms with van der Waals surface area (Å²) in [5.74, 6) is -3.15. The van der Waals surface area contributed by atoms with Crippen LogP contribution in [0.25, 0.3) is 0 Å². The Morgan fingerprint density at radius 3 is 2.71 bits per heavy atom. The predicted molar refractivity (Wildman–Crippen MR) is 99.3 cm³/mol. The normalized spacial score (nSPS) is 21.9. The number of aliphatic carboxylic acids is 1. The number of alkyl halides is 2. The van der Waals surface area contributed by atoms with Crippen LogP contribution in [0.15, 0.2) is 42.7 Å². The molecule has 2 N–H and O–H groups in total. The van der Waals surface area contributed by atoms with Crippen LogP contribution in [0.3, 0.4) is 0 Å². The van der Waals surface area contributed by atoms with Crippen LogP contribution in [0.1, 0.15) is 24.1 Å². The van der Waals surface area contributed by atoms with E-state index in [0.717, 1.165) is 0 Å². The zero-order valence-electron chi connectivity index (χ0n) is 16.1. The molecular weight excluding hydrogens is 416 g/mol. The van der Waals surface area contributed by atoms with Gasteiger partial charge in [0, 0.05) is 12.4 Å². The van der Waals surface area contributed by atoms with Crippen molar-refractivity contribution in [2.45, 2.75) is 31.7 Å². The van der Waals surface area contributed by atoms with Gasteiger partial charge in [-0.15, -0.1) is 8.78 Å². The van der Waals surface area contributed by atoms with Gasteiger partial charge in [0.15, 0.2) is 17.5 Å². The summed E-state index contributed by atoms with van der Waals surface area (Å²) in [5, 5.41) is 12.1. The smallest absolute Gasteiger partial charge is 0.480 e. The van der Waals surface area contributed by atoms with Gasteiger partial charge in [-0.2, -0.15) is 0 Å². The summed E-state index contributed by atoms with van der Waals surface area (Å²) in [4.78, 5) is 41.4. The minimum atomic E-state index is -3.77. The molecule has 0 spiro atoms. The largest absolute Gasteiger partial charge is 0.586 e. The van der Waals surface area contributed by atoms with E-state index in [1.54, 1.807) is 25.3 Å². The summed E-state index contributed by atoms with van der Waals surface area (Å²) >= 11 is 0. The molecule has 2 aromatic rings. The molecule has 2 unspecified atom stereocenters. The van der Waals surface area contributed by atoms with Crippen molar-refractivity contribution in [3.63, 3.8) is 0 Å². The Hall–Kier alpha value is -3.76. The molecule has 4 rings (SSSR count). The molecule has 1 aromatic heterocycles. The van der Waals surface area contributed by atoms with Crippen molar-refractivity contribution in [1.29, 1.82) is 0 Å². The Bertz CT molecular complexity index is 1050. The van der Waals surface area contributed by atoms with E-state index in [1.165, 1.54) is 24.4 Å². The average Bonchev–Trinajstić information content (AvgIpc) is 3.03. The first-order valence-corrected chi connectivity index (χ1v) is 9.31. The standard InChI is InChI=1S/C20H17F2N3O6/c1-10(12-4-5-14-15(8-12)31-20(21,22)30-14)24-19(29)25-16(18(27)28)13(17(25)26)7-11-3-2-6-23-9-11/h2-6,8-10,13,16H,7H2,1H3,(H,24,29)(H,27,28)/t10?,13-,16?/m1/s1. The monoisotopic (exact) mass is 433 g/mol. The highest BCUT2D eigenvalue weighted by atomic mass is 19.3. The third kappa shape index (κ3) is 3.86. The molecule has 0 radical (unpaired) electrons. The maximum absolute atomic E-state index is 13.2. The van der Waals surface area contributed by atoms with E-state index in [2.05, 4.69) is 19.8 Å². The highest BCUT2D eigenvalue weighted by molar-refractivity contribution is 6.07. The van der Waals surface area contributed by atoms with Gasteiger partial charge in [0.25, 0.3) is 0 Å². The summed E-state index contributed by atoms with van der Waals surface area (Å²) < 4.78 is 35.1. The number of benzene rings is 1. The van der Waals surface area contributed by atoms with E-state index in [4.69, 9.17) is 0 Å². The second kappa shape index (κ2) is 7.49. The van der Waals surface area contributed by atoms with Crippen LogP contribution in [0.5, 0.6) is 11.5 Å². The zero-order chi connectivity index (χ0) is 22.3. The number of urea groups is 1. The number of likely N-dealkylation sites (tertiary alicyclic amines) is 1. The van der Waals surface area contributed by atoms with Crippen LogP contribution in [-0.2, 0) is 16.0 Å². The van der Waals surface area contributed by atoms with Gasteiger partial charge < -0.3 is 19.9 Å². The van der Waals surface area contributed by atoms with Crippen molar-refractivity contribution >= 4 is 17.9 Å². The number of hydrogen-bond acceptors (Lipinski definition) is 6. The number of carbonyl (C=O) groups is 3. The number of ether oxygens (including phenoxy) is 2. The Kier molecular flexibility index (Phi) is 4.96. The molecule has 2 aliphatic heterocycles. The zero-order valence-corrected chi connectivity index (χ0v) is 16.1. The van der Waals surface area contributed by atoms with Crippen molar-refractivity contribution in [2.24, 2.45) is 5.92 Å². The van der Waals surface area contributed by atoms with Crippen LogP contribution >= 0.6 is 0 Å². The lowest BCUT2D eigenvalue weighted by molar-refractivity contribution is -0.286. The predicted octanol–water partition coefficient (Wildman–Crippen LogP) is 2.33. The highest BCUT2D eigenvalue weighted by Crippen LogP contribution is 2.42. The molecule has 11 heteroatoms. The first-order valence-electron chi connectivity index (χ1n) is 9.31. The van der Waals surface area contributed by atoms with E-state index in [1.807, 2.05) is 0 Å². The number of carbonyl (C=O) groups excluding carboxylic acids is 2. The Morgan fingerprint density at radius 2 is 2.03 bits per heavy atom. The van der Waals surface area contributed by atoms with E-state index in [9.17, 15) is 28.3 Å². The molecule has 1 aromatic carbocycles. The van der Waals surface area contributed by atoms with E-state index >= 15 is 0 Å². The summed E-state index contributed by atoms with van der Waals surface area (Å²) in [6, 6.07) is 4.44. The van der Waals surface area contributed by atoms with Crippen LogP contribution in [-0.4, -0.2) is 45.2 Å². The van der Waals surface area contributed by atoms with Crippen molar-refractivity contribution in [3.8, 4) is 11.5 Å². The van der Waals surface area contributed by atoms with Gasteiger partial charge in [-0.05, 0) is 42.7 Å². The quantitative estimate of drug-likeness (QED) is 0.695. The molecule has 2 aliphatic rings. The van der Waals surface area contributed by atoms with Gasteiger partial charge in [0.1, 0.15) is 0 Å². The minimum Gasteiger partial charge on any atom is -0.480 e. The van der Waals surface area contributed by atoms with E-state index < -0.39 is 42.2 Å². The summed E-state index contributed by atoms with van der Waals surface area (Å²) in [7, 11) is 0. The molecule has 3 heterocycles. The molecular formula is C20H17F2N3O6. The van der Waals surface area contributed by atoms with E-state index in [0.29, 0.717) is 16.0 Å². The number of fused-ring (bicyclic) bond motifs is 1. The van der Waals surface area contributed by atoms with Crippen LogP contribution in [0, 0.1) is 5.92 Å². The Labute approximate surface area is 174 Å². The fourth-order valence-electron chi connectivity index (χ4n) is 3.60. The number of pyridine rings is 1. The maximum Gasteiger partial charge on any atom is 0.586 e. The number of nitrogens with zero attached hydrogens (tertiary/aromatic N) is 2. The fourth-order valence-corrected chi connectivity index (χ4v) is 3.60. The molecule has 3 amide bonds. The number of rotatable bonds is 5. The molecule has 3 atom stereocenters. The summed E-state index contributed by atoms with van der Waals surface area (Å²) in [6.45, 7) is 1.56. The maximum atomic E-state index is 13.2. The SMILES string of the molecule is CC(NC(=O)N1C(=O)[C@H](Cc2cccnc2)C1C(=O)O)c1ccc2c(c1)OC(F)(F)O2. The number of imide groups is 1. The number of nitrogens with one attached hydrogen (secondary N) is 1. The molecule has 1 fully saturated rings. The van der Waals surface area contributed by atoms with Crippen LogP contribution in [0.4, 0.5) is 13.6 Å². The molecule has 1 saturated heterocycles. The van der Waals surface area contributed by atoms with Gasteiger partial charge in [0.2, 0.25) is 5.91 Å². The van der Waals surface area contributed by atoms with Crippen molar-refractivity contribution < 1.29 is 37.7 Å². The van der Waals surface area contributed by atoms with E-state index in [-0.39, 0.29) is 17.9 Å². The molecule has 31 heavy (non-hydrogen) atoms. The fraction of sp³-hybridized carbons (Fsp3) is 0.300. The number of carboxylic acids is 1. The first-order chi connectivity index (χ1) is 14.7. The second-order valence-electron chi connectivity index (χ2n) is 7.21. The lowest BCUT2D eigenvalue weighted by atomic mass is 9.83. The number of carboxylic acid groups (broad SMARTS) is 1. The summed E-state index contributed by atoms with van der Waals surface area (Å²) in [6.07, 6.45) is -0.547. The van der Waals surface area contributed by atoms with Crippen molar-refractivity contribution in [1.82, 2.24) is 15.2 Å². The van der Waals surface area contributed by atoms with Crippen molar-refractivity contribution in [2.75, 3.05) is 0 Å². The lowest BCUT2D eigenvalue weighted by Crippen LogP contribution is -2.68.